The average Bonchev–Trinajstić information content (AvgIpc) is 3.28. The molecule has 0 aliphatic carbocycles. The number of aromatic nitrogens is 1. The molecular weight excluding hydrogens is 431 g/mol. The molecule has 0 saturated carbocycles. The molecule has 0 unspecified atom stereocenters. The molecule has 0 bridgehead atoms. The summed E-state index contributed by atoms with van der Waals surface area (Å²) < 4.78 is 13.3. The van der Waals surface area contributed by atoms with Crippen molar-refractivity contribution >= 4 is 45.7 Å². The smallest absolute Gasteiger partial charge is 0.282 e. The number of carbonyl (C=O) groups excluding carboxylic acids is 3. The molecule has 1 atom stereocenters. The second kappa shape index (κ2) is 8.51. The number of anilines is 3. The number of hydrogen-bond acceptors (Lipinski definition) is 5. The monoisotopic (exact) mass is 452 g/mol. The number of aryl methyl sites for hydroxylation is 1. The van der Waals surface area contributed by atoms with Crippen LogP contribution in [0.25, 0.3) is 0 Å². The molecule has 1 aliphatic rings. The van der Waals surface area contributed by atoms with Crippen LogP contribution in [0.2, 0.25) is 0 Å². The van der Waals surface area contributed by atoms with Crippen molar-refractivity contribution in [3.05, 3.63) is 71.0 Å². The van der Waals surface area contributed by atoms with Crippen molar-refractivity contribution in [2.75, 3.05) is 9.80 Å². The first-order valence-corrected chi connectivity index (χ1v) is 10.9. The topological polar surface area (TPSA) is 73.8 Å². The molecule has 164 valence electrons. The van der Waals surface area contributed by atoms with Crippen LogP contribution < -0.4 is 9.80 Å². The van der Waals surface area contributed by atoms with Crippen LogP contribution in [0.15, 0.2) is 53.9 Å². The fourth-order valence-electron chi connectivity index (χ4n) is 3.63. The summed E-state index contributed by atoms with van der Waals surface area (Å²) in [6, 6.07) is 11.7. The number of carbonyl (C=O) groups is 3. The summed E-state index contributed by atoms with van der Waals surface area (Å²) in [6.07, 6.45) is 0. The Hall–Kier alpha value is -3.59. The molecule has 0 radical (unpaired) electrons. The minimum Gasteiger partial charge on any atom is -0.282 e. The van der Waals surface area contributed by atoms with Gasteiger partial charge >= 0.3 is 6.03 Å². The SMILES string of the molecule is CC(=O)N(c1cccc(C)c1)c1nc(CN2C(=O)[C@@H](C)N(c3ccc(F)cc3)C2=O)cs1. The van der Waals surface area contributed by atoms with Crippen LogP contribution in [0.4, 0.5) is 25.7 Å². The lowest BCUT2D eigenvalue weighted by atomic mass is 10.2. The number of hydrogen-bond donors (Lipinski definition) is 0. The van der Waals surface area contributed by atoms with Crippen LogP contribution in [0, 0.1) is 12.7 Å². The van der Waals surface area contributed by atoms with E-state index >= 15 is 0 Å². The lowest BCUT2D eigenvalue weighted by molar-refractivity contribution is -0.127. The molecule has 1 aromatic heterocycles. The van der Waals surface area contributed by atoms with Gasteiger partial charge in [-0.25, -0.2) is 14.2 Å². The number of imide groups is 1. The summed E-state index contributed by atoms with van der Waals surface area (Å²) in [5.41, 5.74) is 2.65. The van der Waals surface area contributed by atoms with Gasteiger partial charge in [-0.3, -0.25) is 24.3 Å². The first-order valence-electron chi connectivity index (χ1n) is 9.98. The van der Waals surface area contributed by atoms with Crippen LogP contribution in [-0.2, 0) is 16.1 Å². The number of rotatable bonds is 5. The van der Waals surface area contributed by atoms with E-state index < -0.39 is 17.9 Å². The quantitative estimate of drug-likeness (QED) is 0.529. The van der Waals surface area contributed by atoms with E-state index in [1.807, 2.05) is 31.2 Å². The van der Waals surface area contributed by atoms with E-state index in [-0.39, 0.29) is 18.4 Å². The van der Waals surface area contributed by atoms with Crippen LogP contribution in [0.5, 0.6) is 0 Å². The summed E-state index contributed by atoms with van der Waals surface area (Å²) in [5.74, 6) is -0.980. The molecule has 7 nitrogen and oxygen atoms in total. The van der Waals surface area contributed by atoms with E-state index in [1.165, 1.54) is 52.3 Å². The van der Waals surface area contributed by atoms with Crippen LogP contribution in [0.3, 0.4) is 0 Å². The molecule has 2 aromatic carbocycles. The van der Waals surface area contributed by atoms with E-state index in [1.54, 1.807) is 12.3 Å². The third kappa shape index (κ3) is 3.99. The molecule has 2 heterocycles. The van der Waals surface area contributed by atoms with Gasteiger partial charge in [-0.15, -0.1) is 11.3 Å². The van der Waals surface area contributed by atoms with Crippen molar-refractivity contribution in [2.45, 2.75) is 33.4 Å². The van der Waals surface area contributed by atoms with Gasteiger partial charge in [-0.2, -0.15) is 0 Å². The Bertz CT molecular complexity index is 1190. The van der Waals surface area contributed by atoms with Gasteiger partial charge in [0.05, 0.1) is 17.9 Å². The number of urea groups is 1. The molecule has 0 N–H and O–H groups in total. The maximum Gasteiger partial charge on any atom is 0.332 e. The van der Waals surface area contributed by atoms with Crippen molar-refractivity contribution in [1.29, 1.82) is 0 Å². The number of nitrogens with zero attached hydrogens (tertiary/aromatic N) is 4. The van der Waals surface area contributed by atoms with E-state index in [9.17, 15) is 18.8 Å². The predicted octanol–water partition coefficient (Wildman–Crippen LogP) is 4.63. The molecule has 3 aromatic rings. The fraction of sp³-hybridized carbons (Fsp3) is 0.217. The van der Waals surface area contributed by atoms with Crippen molar-refractivity contribution < 1.29 is 18.8 Å². The van der Waals surface area contributed by atoms with E-state index in [2.05, 4.69) is 4.98 Å². The number of benzene rings is 2. The van der Waals surface area contributed by atoms with Gasteiger partial charge in [0.25, 0.3) is 5.91 Å². The van der Waals surface area contributed by atoms with Gasteiger partial charge in [0, 0.05) is 18.0 Å². The zero-order valence-corrected chi connectivity index (χ0v) is 18.6. The molecule has 9 heteroatoms. The number of halogens is 1. The molecule has 4 rings (SSSR count). The van der Waals surface area contributed by atoms with Gasteiger partial charge in [0.1, 0.15) is 11.9 Å². The Morgan fingerprint density at radius 1 is 1.19 bits per heavy atom. The van der Waals surface area contributed by atoms with Gasteiger partial charge < -0.3 is 0 Å². The molecular formula is C23H21FN4O3S. The van der Waals surface area contributed by atoms with Crippen molar-refractivity contribution in [3.63, 3.8) is 0 Å². The second-order valence-corrected chi connectivity index (χ2v) is 8.38. The molecule has 1 fully saturated rings. The Labute approximate surface area is 188 Å². The summed E-state index contributed by atoms with van der Waals surface area (Å²) >= 11 is 1.26. The van der Waals surface area contributed by atoms with Crippen molar-refractivity contribution in [2.24, 2.45) is 0 Å². The first-order chi connectivity index (χ1) is 15.3. The molecule has 1 saturated heterocycles. The maximum atomic E-state index is 13.3. The van der Waals surface area contributed by atoms with Gasteiger partial charge in [-0.05, 0) is 55.8 Å². The van der Waals surface area contributed by atoms with Crippen LogP contribution in [0.1, 0.15) is 25.1 Å². The van der Waals surface area contributed by atoms with E-state index in [0.29, 0.717) is 22.2 Å². The van der Waals surface area contributed by atoms with E-state index in [0.717, 1.165) is 10.5 Å². The van der Waals surface area contributed by atoms with Crippen LogP contribution in [-0.4, -0.2) is 33.8 Å². The average molecular weight is 453 g/mol. The lowest BCUT2D eigenvalue weighted by Crippen LogP contribution is -2.33. The Balaban J connectivity index is 1.57. The normalized spacial score (nSPS) is 16.1. The molecule has 4 amide bonds. The third-order valence-corrected chi connectivity index (χ3v) is 6.05. The molecule has 32 heavy (non-hydrogen) atoms. The van der Waals surface area contributed by atoms with Crippen molar-refractivity contribution in [3.8, 4) is 0 Å². The predicted molar refractivity (Wildman–Crippen MR) is 120 cm³/mol. The zero-order chi connectivity index (χ0) is 23.0. The minimum absolute atomic E-state index is 0.0181. The van der Waals surface area contributed by atoms with Gasteiger partial charge in [0.2, 0.25) is 5.91 Å². The zero-order valence-electron chi connectivity index (χ0n) is 17.8. The Morgan fingerprint density at radius 3 is 2.56 bits per heavy atom. The minimum atomic E-state index is -0.716. The van der Waals surface area contributed by atoms with Gasteiger partial charge in [0.15, 0.2) is 5.13 Å². The van der Waals surface area contributed by atoms with E-state index in [4.69, 9.17) is 0 Å². The van der Waals surface area contributed by atoms with Gasteiger partial charge in [-0.1, -0.05) is 12.1 Å². The Kier molecular flexibility index (Phi) is 5.75. The second-order valence-electron chi connectivity index (χ2n) is 7.54. The first kappa shape index (κ1) is 21.6. The van der Waals surface area contributed by atoms with Crippen LogP contribution >= 0.6 is 11.3 Å². The summed E-state index contributed by atoms with van der Waals surface area (Å²) in [7, 11) is 0. The molecule has 0 spiro atoms. The fourth-order valence-corrected chi connectivity index (χ4v) is 4.51. The third-order valence-electron chi connectivity index (χ3n) is 5.18. The largest absolute Gasteiger partial charge is 0.332 e. The summed E-state index contributed by atoms with van der Waals surface area (Å²) in [6.45, 7) is 5.01. The lowest BCUT2D eigenvalue weighted by Gasteiger charge is -2.19. The highest BCUT2D eigenvalue weighted by molar-refractivity contribution is 7.14. The van der Waals surface area contributed by atoms with Crippen molar-refractivity contribution in [1.82, 2.24) is 9.88 Å². The Morgan fingerprint density at radius 2 is 1.91 bits per heavy atom. The highest BCUT2D eigenvalue weighted by atomic mass is 32.1. The standard InChI is InChI=1S/C23H21FN4O3S/c1-14-5-4-6-20(11-14)28(16(3)29)22-25-18(13-32-22)12-26-21(30)15(2)27(23(26)31)19-9-7-17(24)8-10-19/h4-11,13,15H,12H2,1-3H3/t15-/m1/s1. The summed E-state index contributed by atoms with van der Waals surface area (Å²) in [4.78, 5) is 46.5. The number of amides is 4. The highest BCUT2D eigenvalue weighted by Crippen LogP contribution is 2.31. The highest BCUT2D eigenvalue weighted by Gasteiger charge is 2.43. The maximum absolute atomic E-state index is 13.3. The number of thiazole rings is 1. The molecule has 1 aliphatic heterocycles. The summed E-state index contributed by atoms with van der Waals surface area (Å²) in [5, 5.41) is 2.19.